The fourth-order valence-electron chi connectivity index (χ4n) is 5.42. The van der Waals surface area contributed by atoms with Gasteiger partial charge in [0.1, 0.15) is 5.82 Å². The third-order valence-corrected chi connectivity index (χ3v) is 6.03. The van der Waals surface area contributed by atoms with Gasteiger partial charge in [-0.15, -0.1) is 0 Å². The molecule has 0 aliphatic heterocycles. The van der Waals surface area contributed by atoms with E-state index in [2.05, 4.69) is 0 Å². The average Bonchev–Trinajstić information content (AvgIpc) is 2.99. The van der Waals surface area contributed by atoms with Crippen molar-refractivity contribution in [3.05, 3.63) is 35.6 Å². The van der Waals surface area contributed by atoms with Crippen LogP contribution in [0.2, 0.25) is 0 Å². The number of hydrogen-bond donors (Lipinski definition) is 0. The summed E-state index contributed by atoms with van der Waals surface area (Å²) in [7, 11) is 1.88. The van der Waals surface area contributed by atoms with Crippen LogP contribution < -0.4 is 0 Å². The molecule has 5 unspecified atom stereocenters. The Bertz CT molecular complexity index is 469. The zero-order chi connectivity index (χ0) is 13.0. The highest BCUT2D eigenvalue weighted by Crippen LogP contribution is 2.62. The number of rotatable bonds is 2. The molecule has 0 radical (unpaired) electrons. The van der Waals surface area contributed by atoms with Crippen molar-refractivity contribution in [2.75, 3.05) is 7.11 Å². The van der Waals surface area contributed by atoms with E-state index in [-0.39, 0.29) is 5.82 Å². The van der Waals surface area contributed by atoms with Gasteiger partial charge >= 0.3 is 0 Å². The number of methoxy groups -OCH3 is 1. The van der Waals surface area contributed by atoms with E-state index in [0.29, 0.717) is 12.0 Å². The van der Waals surface area contributed by atoms with Crippen molar-refractivity contribution in [3.63, 3.8) is 0 Å². The quantitative estimate of drug-likeness (QED) is 0.781. The van der Waals surface area contributed by atoms with E-state index in [1.165, 1.54) is 31.2 Å². The summed E-state index contributed by atoms with van der Waals surface area (Å²) in [5.41, 5.74) is 1.35. The Balaban J connectivity index is 1.60. The highest BCUT2D eigenvalue weighted by Gasteiger charge is 2.56. The monoisotopic (exact) mass is 260 g/mol. The van der Waals surface area contributed by atoms with Gasteiger partial charge in [-0.05, 0) is 73.0 Å². The smallest absolute Gasteiger partial charge is 0.123 e. The van der Waals surface area contributed by atoms with E-state index < -0.39 is 0 Å². The van der Waals surface area contributed by atoms with Crippen molar-refractivity contribution in [1.82, 2.24) is 0 Å². The first-order chi connectivity index (χ1) is 9.28. The third kappa shape index (κ3) is 1.69. The van der Waals surface area contributed by atoms with E-state index in [1.54, 1.807) is 12.1 Å². The van der Waals surface area contributed by atoms with Crippen LogP contribution in [0.4, 0.5) is 4.39 Å². The Hall–Kier alpha value is -0.890. The van der Waals surface area contributed by atoms with Crippen LogP contribution in [0.25, 0.3) is 0 Å². The third-order valence-electron chi connectivity index (χ3n) is 6.03. The van der Waals surface area contributed by atoms with Crippen LogP contribution in [0.1, 0.15) is 37.2 Å². The van der Waals surface area contributed by atoms with Crippen molar-refractivity contribution >= 4 is 0 Å². The van der Waals surface area contributed by atoms with Gasteiger partial charge in [-0.1, -0.05) is 12.1 Å². The second kappa shape index (κ2) is 4.31. The second-order valence-corrected chi connectivity index (χ2v) is 6.66. The Morgan fingerprint density at radius 2 is 1.74 bits per heavy atom. The van der Waals surface area contributed by atoms with Crippen molar-refractivity contribution in [3.8, 4) is 0 Å². The predicted molar refractivity (Wildman–Crippen MR) is 72.4 cm³/mol. The zero-order valence-corrected chi connectivity index (χ0v) is 11.4. The molecule has 102 valence electrons. The molecule has 2 bridgehead atoms. The van der Waals surface area contributed by atoms with Crippen molar-refractivity contribution in [1.29, 1.82) is 0 Å². The number of fused-ring (bicyclic) bond motifs is 1. The molecular weight excluding hydrogens is 239 g/mol. The molecule has 6 atom stereocenters. The summed E-state index contributed by atoms with van der Waals surface area (Å²) >= 11 is 0. The minimum atomic E-state index is -0.121. The molecule has 19 heavy (non-hydrogen) atoms. The van der Waals surface area contributed by atoms with Crippen molar-refractivity contribution in [2.24, 2.45) is 23.7 Å². The van der Waals surface area contributed by atoms with E-state index in [0.717, 1.165) is 23.7 Å². The first kappa shape index (κ1) is 11.9. The molecule has 1 nitrogen and oxygen atoms in total. The standard InChI is InChI=1S/C17H21FO/c1-19-17-11-8-15-13(6-7-14(17)16(15)9-11)10-2-4-12(18)5-3-10/h2-5,11,13-17H,6-9H2,1H3/t11?,13-,14?,15?,16?,17?/m1/s1. The number of benzene rings is 1. The van der Waals surface area contributed by atoms with Crippen LogP contribution >= 0.6 is 0 Å². The molecule has 0 aromatic heterocycles. The van der Waals surface area contributed by atoms with E-state index in [4.69, 9.17) is 4.74 Å². The van der Waals surface area contributed by atoms with Crippen LogP contribution in [0.5, 0.6) is 0 Å². The molecule has 0 heterocycles. The highest BCUT2D eigenvalue weighted by atomic mass is 19.1. The Kier molecular flexibility index (Phi) is 2.70. The van der Waals surface area contributed by atoms with Gasteiger partial charge in [0.15, 0.2) is 0 Å². The lowest BCUT2D eigenvalue weighted by atomic mass is 9.63. The summed E-state index contributed by atoms with van der Waals surface area (Å²) in [4.78, 5) is 0. The van der Waals surface area contributed by atoms with Crippen LogP contribution in [0, 0.1) is 29.5 Å². The molecule has 0 N–H and O–H groups in total. The van der Waals surface area contributed by atoms with Gasteiger partial charge in [0.05, 0.1) is 6.10 Å². The lowest BCUT2D eigenvalue weighted by Crippen LogP contribution is -2.39. The Morgan fingerprint density at radius 1 is 1.00 bits per heavy atom. The van der Waals surface area contributed by atoms with Gasteiger partial charge < -0.3 is 4.74 Å². The molecule has 4 rings (SSSR count). The maximum Gasteiger partial charge on any atom is 0.123 e. The zero-order valence-electron chi connectivity index (χ0n) is 11.4. The molecule has 3 fully saturated rings. The summed E-state index contributed by atoms with van der Waals surface area (Å²) in [6, 6.07) is 7.24. The molecule has 3 aliphatic carbocycles. The van der Waals surface area contributed by atoms with Gasteiger partial charge in [0.2, 0.25) is 0 Å². The molecule has 0 spiro atoms. The molecule has 0 amide bonds. The van der Waals surface area contributed by atoms with Gasteiger partial charge in [-0.3, -0.25) is 0 Å². The molecule has 2 heteroatoms. The highest BCUT2D eigenvalue weighted by molar-refractivity contribution is 5.24. The number of halogens is 1. The fourth-order valence-corrected chi connectivity index (χ4v) is 5.42. The minimum Gasteiger partial charge on any atom is -0.381 e. The van der Waals surface area contributed by atoms with Crippen LogP contribution in [-0.4, -0.2) is 13.2 Å². The minimum absolute atomic E-state index is 0.121. The summed E-state index contributed by atoms with van der Waals surface area (Å²) in [6.07, 6.45) is 5.76. The summed E-state index contributed by atoms with van der Waals surface area (Å²) < 4.78 is 18.8. The molecule has 0 saturated heterocycles. The van der Waals surface area contributed by atoms with Crippen LogP contribution in [0.15, 0.2) is 24.3 Å². The van der Waals surface area contributed by atoms with E-state index in [1.807, 2.05) is 19.2 Å². The Labute approximate surface area is 114 Å². The predicted octanol–water partition coefficient (Wildman–Crippen LogP) is 3.99. The van der Waals surface area contributed by atoms with Gasteiger partial charge in [-0.25, -0.2) is 4.39 Å². The SMILES string of the molecule is COC1C2CC3C1CC[C@H](c1ccc(F)cc1)C3C2. The molecule has 1 aromatic rings. The first-order valence-corrected chi connectivity index (χ1v) is 7.56. The lowest BCUT2D eigenvalue weighted by molar-refractivity contribution is -0.0261. The first-order valence-electron chi connectivity index (χ1n) is 7.56. The number of ether oxygens (including phenoxy) is 1. The fraction of sp³-hybridized carbons (Fsp3) is 0.647. The summed E-state index contributed by atoms with van der Waals surface area (Å²) in [6.45, 7) is 0. The van der Waals surface area contributed by atoms with E-state index in [9.17, 15) is 4.39 Å². The van der Waals surface area contributed by atoms with Crippen LogP contribution in [-0.2, 0) is 4.74 Å². The maximum atomic E-state index is 13.1. The number of hydrogen-bond acceptors (Lipinski definition) is 1. The molecule has 3 saturated carbocycles. The largest absolute Gasteiger partial charge is 0.381 e. The molecule has 1 aromatic carbocycles. The van der Waals surface area contributed by atoms with Crippen molar-refractivity contribution < 1.29 is 9.13 Å². The Morgan fingerprint density at radius 3 is 2.47 bits per heavy atom. The summed E-state index contributed by atoms with van der Waals surface area (Å²) in [5.74, 6) is 3.80. The molecule has 3 aliphatic rings. The van der Waals surface area contributed by atoms with Crippen LogP contribution in [0.3, 0.4) is 0 Å². The van der Waals surface area contributed by atoms with Gasteiger partial charge in [0.25, 0.3) is 0 Å². The topological polar surface area (TPSA) is 9.23 Å². The maximum absolute atomic E-state index is 13.1. The van der Waals surface area contributed by atoms with Gasteiger partial charge in [-0.2, -0.15) is 0 Å². The van der Waals surface area contributed by atoms with E-state index >= 15 is 0 Å². The van der Waals surface area contributed by atoms with Gasteiger partial charge in [0, 0.05) is 7.11 Å². The lowest BCUT2D eigenvalue weighted by Gasteiger charge is -2.44. The summed E-state index contributed by atoms with van der Waals surface area (Å²) in [5, 5.41) is 0. The molecular formula is C17H21FO. The van der Waals surface area contributed by atoms with Crippen molar-refractivity contribution in [2.45, 2.75) is 37.7 Å². The second-order valence-electron chi connectivity index (χ2n) is 6.66. The normalized spacial score (nSPS) is 43.7. The average molecular weight is 260 g/mol.